The maximum Gasteiger partial charge on any atom is 0.184 e. The summed E-state index contributed by atoms with van der Waals surface area (Å²) in [5.74, 6) is 0. The van der Waals surface area contributed by atoms with E-state index in [9.17, 15) is 5.21 Å². The highest BCUT2D eigenvalue weighted by molar-refractivity contribution is 5.20. The van der Waals surface area contributed by atoms with Gasteiger partial charge in [-0.05, 0) is 18.4 Å². The van der Waals surface area contributed by atoms with Crippen molar-refractivity contribution in [1.82, 2.24) is 0 Å². The molecule has 12 heavy (non-hydrogen) atoms. The van der Waals surface area contributed by atoms with E-state index in [-0.39, 0.29) is 5.41 Å². The van der Waals surface area contributed by atoms with E-state index in [1.807, 2.05) is 6.92 Å². The largest absolute Gasteiger partial charge is 0.619 e. The van der Waals surface area contributed by atoms with E-state index in [0.29, 0.717) is 0 Å². The second-order valence-electron chi connectivity index (χ2n) is 4.21. The number of nitrogens with zero attached hydrogens (tertiary/aromatic N) is 1. The van der Waals surface area contributed by atoms with Gasteiger partial charge in [-0.1, -0.05) is 20.8 Å². The van der Waals surface area contributed by atoms with Gasteiger partial charge in [0.1, 0.15) is 0 Å². The Morgan fingerprint density at radius 3 is 2.25 bits per heavy atom. The SMILES string of the molecule is Cc1cc(C(C)(C)C)c[n+]([O-])c1. The monoisotopic (exact) mass is 165 g/mol. The number of pyridine rings is 1. The Kier molecular flexibility index (Phi) is 2.09. The molecule has 1 rings (SSSR count). The minimum atomic E-state index is 0.0537. The summed E-state index contributed by atoms with van der Waals surface area (Å²) in [4.78, 5) is 0. The molecule has 0 unspecified atom stereocenters. The van der Waals surface area contributed by atoms with Crippen molar-refractivity contribution in [3.63, 3.8) is 0 Å². The average Bonchev–Trinajstić information content (AvgIpc) is 1.82. The molecule has 0 aromatic carbocycles. The third kappa shape index (κ3) is 1.97. The summed E-state index contributed by atoms with van der Waals surface area (Å²) in [5, 5.41) is 11.1. The second kappa shape index (κ2) is 2.77. The van der Waals surface area contributed by atoms with Crippen LogP contribution < -0.4 is 4.73 Å². The Morgan fingerprint density at radius 1 is 1.25 bits per heavy atom. The highest BCUT2D eigenvalue weighted by Crippen LogP contribution is 2.20. The van der Waals surface area contributed by atoms with E-state index in [2.05, 4.69) is 26.8 Å². The first-order valence-electron chi connectivity index (χ1n) is 4.10. The Labute approximate surface area is 73.4 Å². The third-order valence-electron chi connectivity index (χ3n) is 1.85. The Morgan fingerprint density at radius 2 is 1.83 bits per heavy atom. The fourth-order valence-electron chi connectivity index (χ4n) is 1.11. The van der Waals surface area contributed by atoms with E-state index in [0.717, 1.165) is 15.9 Å². The molecular formula is C10H15NO. The fourth-order valence-corrected chi connectivity index (χ4v) is 1.11. The van der Waals surface area contributed by atoms with Crippen LogP contribution in [0.1, 0.15) is 31.9 Å². The number of hydrogen-bond acceptors (Lipinski definition) is 1. The van der Waals surface area contributed by atoms with Gasteiger partial charge in [-0.25, -0.2) is 0 Å². The first-order valence-corrected chi connectivity index (χ1v) is 4.10. The molecule has 2 nitrogen and oxygen atoms in total. The van der Waals surface area contributed by atoms with Gasteiger partial charge in [0.25, 0.3) is 0 Å². The predicted octanol–water partition coefficient (Wildman–Crippen LogP) is 1.93. The van der Waals surface area contributed by atoms with Crippen LogP contribution >= 0.6 is 0 Å². The molecule has 1 heterocycles. The number of aryl methyl sites for hydroxylation is 1. The molecular weight excluding hydrogens is 150 g/mol. The molecule has 0 saturated heterocycles. The van der Waals surface area contributed by atoms with Gasteiger partial charge in [-0.15, -0.1) is 0 Å². The van der Waals surface area contributed by atoms with Crippen LogP contribution in [-0.4, -0.2) is 0 Å². The standard InChI is InChI=1S/C10H15NO/c1-8-5-9(10(2,3)4)7-11(12)6-8/h5-7H,1-4H3. The maximum atomic E-state index is 11.1. The van der Waals surface area contributed by atoms with Gasteiger partial charge in [0, 0.05) is 11.1 Å². The highest BCUT2D eigenvalue weighted by Gasteiger charge is 2.16. The van der Waals surface area contributed by atoms with Gasteiger partial charge < -0.3 is 5.21 Å². The van der Waals surface area contributed by atoms with Crippen LogP contribution in [-0.2, 0) is 5.41 Å². The van der Waals surface area contributed by atoms with Crippen LogP contribution in [0.4, 0.5) is 0 Å². The van der Waals surface area contributed by atoms with Crippen LogP contribution in [0.5, 0.6) is 0 Å². The lowest BCUT2D eigenvalue weighted by molar-refractivity contribution is -0.606. The van der Waals surface area contributed by atoms with Crippen molar-refractivity contribution in [2.45, 2.75) is 33.1 Å². The van der Waals surface area contributed by atoms with Crippen LogP contribution in [0.3, 0.4) is 0 Å². The summed E-state index contributed by atoms with van der Waals surface area (Å²) in [7, 11) is 0. The van der Waals surface area contributed by atoms with Crippen molar-refractivity contribution in [3.8, 4) is 0 Å². The van der Waals surface area contributed by atoms with Crippen LogP contribution in [0.25, 0.3) is 0 Å². The molecule has 0 fully saturated rings. The van der Waals surface area contributed by atoms with Crippen molar-refractivity contribution in [2.24, 2.45) is 0 Å². The average molecular weight is 165 g/mol. The molecule has 0 aliphatic rings. The normalized spacial score (nSPS) is 11.7. The van der Waals surface area contributed by atoms with Crippen molar-refractivity contribution < 1.29 is 4.73 Å². The van der Waals surface area contributed by atoms with E-state index in [4.69, 9.17) is 0 Å². The van der Waals surface area contributed by atoms with E-state index in [1.54, 1.807) is 12.4 Å². The smallest absolute Gasteiger partial charge is 0.184 e. The van der Waals surface area contributed by atoms with E-state index >= 15 is 0 Å². The molecule has 0 aliphatic carbocycles. The minimum absolute atomic E-state index is 0.0537. The van der Waals surface area contributed by atoms with Gasteiger partial charge in [-0.2, -0.15) is 4.73 Å². The third-order valence-corrected chi connectivity index (χ3v) is 1.85. The molecule has 0 spiro atoms. The van der Waals surface area contributed by atoms with Crippen molar-refractivity contribution in [2.75, 3.05) is 0 Å². The highest BCUT2D eigenvalue weighted by atomic mass is 16.5. The topological polar surface area (TPSA) is 26.9 Å². The first-order chi connectivity index (χ1) is 5.39. The second-order valence-corrected chi connectivity index (χ2v) is 4.21. The summed E-state index contributed by atoms with van der Waals surface area (Å²) in [6.45, 7) is 8.23. The van der Waals surface area contributed by atoms with Crippen molar-refractivity contribution in [3.05, 3.63) is 34.8 Å². The van der Waals surface area contributed by atoms with Crippen LogP contribution in [0.15, 0.2) is 18.5 Å². The molecule has 1 aromatic rings. The van der Waals surface area contributed by atoms with Crippen LogP contribution in [0, 0.1) is 12.1 Å². The molecule has 66 valence electrons. The van der Waals surface area contributed by atoms with Gasteiger partial charge >= 0.3 is 0 Å². The van der Waals surface area contributed by atoms with E-state index < -0.39 is 0 Å². The summed E-state index contributed by atoms with van der Waals surface area (Å²) < 4.78 is 0.871. The number of rotatable bonds is 0. The lowest BCUT2D eigenvalue weighted by Gasteiger charge is -2.17. The summed E-state index contributed by atoms with van der Waals surface area (Å²) in [6, 6.07) is 2.05. The van der Waals surface area contributed by atoms with Crippen molar-refractivity contribution in [1.29, 1.82) is 0 Å². The molecule has 0 bridgehead atoms. The Hall–Kier alpha value is -1.05. The maximum absolute atomic E-state index is 11.1. The zero-order valence-corrected chi connectivity index (χ0v) is 8.09. The minimum Gasteiger partial charge on any atom is -0.619 e. The lowest BCUT2D eigenvalue weighted by Crippen LogP contribution is -2.28. The van der Waals surface area contributed by atoms with Gasteiger partial charge in [0.05, 0.1) is 0 Å². The van der Waals surface area contributed by atoms with Gasteiger partial charge in [0.15, 0.2) is 12.4 Å². The fraction of sp³-hybridized carbons (Fsp3) is 0.500. The molecule has 0 N–H and O–H groups in total. The molecule has 0 atom stereocenters. The van der Waals surface area contributed by atoms with Crippen LogP contribution in [0.2, 0.25) is 0 Å². The molecule has 1 aromatic heterocycles. The molecule has 0 amide bonds. The zero-order valence-electron chi connectivity index (χ0n) is 8.09. The number of hydrogen-bond donors (Lipinski definition) is 0. The van der Waals surface area contributed by atoms with E-state index in [1.165, 1.54) is 0 Å². The molecule has 0 radical (unpaired) electrons. The Balaban J connectivity index is 3.18. The summed E-state index contributed by atoms with van der Waals surface area (Å²) >= 11 is 0. The van der Waals surface area contributed by atoms with Gasteiger partial charge in [0.2, 0.25) is 0 Å². The lowest BCUT2D eigenvalue weighted by atomic mass is 9.88. The number of aromatic nitrogens is 1. The quantitative estimate of drug-likeness (QED) is 0.426. The van der Waals surface area contributed by atoms with Gasteiger partial charge in [-0.3, -0.25) is 0 Å². The molecule has 0 saturated carbocycles. The molecule has 0 aliphatic heterocycles. The zero-order chi connectivity index (χ0) is 9.35. The summed E-state index contributed by atoms with van der Waals surface area (Å²) in [5.41, 5.74) is 2.15. The summed E-state index contributed by atoms with van der Waals surface area (Å²) in [6.07, 6.45) is 3.21. The Bertz CT molecular complexity index is 266. The predicted molar refractivity (Wildman–Crippen MR) is 48.8 cm³/mol. The van der Waals surface area contributed by atoms with Crippen molar-refractivity contribution >= 4 is 0 Å². The molecule has 2 heteroatoms. The first kappa shape index (κ1) is 9.04.